The number of piperidine rings is 1. The fraction of sp³-hybridized carbons (Fsp3) is 0.533. The molecule has 1 aliphatic carbocycles. The number of ether oxygens (including phenoxy) is 3. The molecule has 1 spiro atoms. The Morgan fingerprint density at radius 1 is 0.946 bits per heavy atom. The van der Waals surface area contributed by atoms with Gasteiger partial charge >= 0.3 is 0 Å². The Labute approximate surface area is 218 Å². The fourth-order valence-electron chi connectivity index (χ4n) is 6.78. The third-order valence-corrected chi connectivity index (χ3v) is 8.72. The van der Waals surface area contributed by atoms with E-state index in [0.29, 0.717) is 44.7 Å². The van der Waals surface area contributed by atoms with E-state index in [9.17, 15) is 9.59 Å². The normalized spacial score (nSPS) is 25.8. The van der Waals surface area contributed by atoms with Crippen molar-refractivity contribution in [3.8, 4) is 5.75 Å². The minimum atomic E-state index is -0.541. The topological polar surface area (TPSA) is 68.3 Å². The first-order valence-corrected chi connectivity index (χ1v) is 13.7. The van der Waals surface area contributed by atoms with Gasteiger partial charge in [0.15, 0.2) is 5.79 Å². The fourth-order valence-corrected chi connectivity index (χ4v) is 6.78. The maximum Gasteiger partial charge on any atom is 0.254 e. The van der Waals surface area contributed by atoms with Gasteiger partial charge in [0.1, 0.15) is 5.75 Å². The molecule has 2 atom stereocenters. The van der Waals surface area contributed by atoms with Crippen LogP contribution in [0.1, 0.15) is 78.4 Å². The van der Waals surface area contributed by atoms with Crippen LogP contribution in [0.3, 0.4) is 0 Å². The predicted molar refractivity (Wildman–Crippen MR) is 138 cm³/mol. The third kappa shape index (κ3) is 4.42. The van der Waals surface area contributed by atoms with Gasteiger partial charge in [-0.3, -0.25) is 9.59 Å². The van der Waals surface area contributed by atoms with Crippen LogP contribution in [0.4, 0.5) is 0 Å². The van der Waals surface area contributed by atoms with Crippen LogP contribution in [0, 0.1) is 0 Å². The maximum absolute atomic E-state index is 14.4. The van der Waals surface area contributed by atoms with Gasteiger partial charge in [0.2, 0.25) is 5.91 Å². The molecule has 3 aliphatic heterocycles. The molecule has 4 aliphatic rings. The lowest BCUT2D eigenvalue weighted by Gasteiger charge is -2.48. The second-order valence-electron chi connectivity index (χ2n) is 10.7. The molecule has 7 heteroatoms. The monoisotopic (exact) mass is 504 g/mol. The zero-order chi connectivity index (χ0) is 25.4. The van der Waals surface area contributed by atoms with Crippen LogP contribution in [0.5, 0.6) is 5.75 Å². The molecule has 2 saturated heterocycles. The van der Waals surface area contributed by atoms with E-state index in [1.165, 1.54) is 6.42 Å². The summed E-state index contributed by atoms with van der Waals surface area (Å²) in [6, 6.07) is 15.4. The zero-order valence-electron chi connectivity index (χ0n) is 21.6. The Kier molecular flexibility index (Phi) is 6.67. The molecule has 2 amide bonds. The first kappa shape index (κ1) is 24.4. The van der Waals surface area contributed by atoms with Crippen molar-refractivity contribution in [2.24, 2.45) is 0 Å². The highest BCUT2D eigenvalue weighted by Gasteiger charge is 2.49. The molecule has 0 radical (unpaired) electrons. The van der Waals surface area contributed by atoms with Gasteiger partial charge in [0, 0.05) is 37.5 Å². The van der Waals surface area contributed by atoms with Gasteiger partial charge in [0.25, 0.3) is 5.91 Å². The first-order valence-electron chi connectivity index (χ1n) is 13.7. The zero-order valence-corrected chi connectivity index (χ0v) is 21.6. The minimum absolute atomic E-state index is 0.0396. The quantitative estimate of drug-likeness (QED) is 0.605. The van der Waals surface area contributed by atoms with Crippen molar-refractivity contribution in [1.29, 1.82) is 0 Å². The Hall–Kier alpha value is -2.90. The van der Waals surface area contributed by atoms with Crippen LogP contribution in [0.2, 0.25) is 0 Å². The number of carbonyl (C=O) groups is 2. The molecule has 0 aromatic heterocycles. The number of likely N-dealkylation sites (tertiary alicyclic amines) is 1. The van der Waals surface area contributed by atoms with Crippen molar-refractivity contribution >= 4 is 11.8 Å². The summed E-state index contributed by atoms with van der Waals surface area (Å²) in [4.78, 5) is 32.5. The van der Waals surface area contributed by atoms with E-state index in [1.807, 2.05) is 53.4 Å². The second-order valence-corrected chi connectivity index (χ2v) is 10.7. The number of rotatable bonds is 4. The molecule has 2 aromatic carbocycles. The summed E-state index contributed by atoms with van der Waals surface area (Å²) in [6.07, 6.45) is 6.71. The third-order valence-electron chi connectivity index (χ3n) is 8.72. The van der Waals surface area contributed by atoms with E-state index >= 15 is 0 Å². The Morgan fingerprint density at radius 3 is 2.30 bits per heavy atom. The molecule has 37 heavy (non-hydrogen) atoms. The average Bonchev–Trinajstić information content (AvgIpc) is 3.41. The number of hydrogen-bond donors (Lipinski definition) is 0. The molecule has 2 aromatic rings. The van der Waals surface area contributed by atoms with Crippen LogP contribution < -0.4 is 4.74 Å². The molecular formula is C30H36N2O5. The molecule has 1 saturated carbocycles. The van der Waals surface area contributed by atoms with E-state index < -0.39 is 11.7 Å². The van der Waals surface area contributed by atoms with Crippen molar-refractivity contribution in [3.63, 3.8) is 0 Å². The Morgan fingerprint density at radius 2 is 1.62 bits per heavy atom. The number of nitrogens with zero attached hydrogens (tertiary/aromatic N) is 2. The van der Waals surface area contributed by atoms with Gasteiger partial charge in [-0.05, 0) is 42.2 Å². The van der Waals surface area contributed by atoms with E-state index in [0.717, 1.165) is 42.6 Å². The molecule has 0 bridgehead atoms. The first-order chi connectivity index (χ1) is 18.1. The Balaban J connectivity index is 1.41. The molecule has 0 unspecified atom stereocenters. The summed E-state index contributed by atoms with van der Waals surface area (Å²) in [7, 11) is 1.65. The van der Waals surface area contributed by atoms with Gasteiger partial charge in [-0.1, -0.05) is 49.6 Å². The van der Waals surface area contributed by atoms with Crippen molar-refractivity contribution in [3.05, 3.63) is 65.2 Å². The number of amides is 2. The minimum Gasteiger partial charge on any atom is -0.497 e. The van der Waals surface area contributed by atoms with E-state index in [2.05, 4.69) is 4.90 Å². The molecule has 3 fully saturated rings. The summed E-state index contributed by atoms with van der Waals surface area (Å²) in [5, 5.41) is 0. The van der Waals surface area contributed by atoms with Gasteiger partial charge in [-0.15, -0.1) is 0 Å². The van der Waals surface area contributed by atoms with Crippen molar-refractivity contribution in [2.45, 2.75) is 68.7 Å². The number of hydrogen-bond acceptors (Lipinski definition) is 5. The van der Waals surface area contributed by atoms with Gasteiger partial charge in [-0.2, -0.15) is 0 Å². The molecule has 0 N–H and O–H groups in total. The number of carbonyl (C=O) groups excluding carboxylic acids is 2. The lowest BCUT2D eigenvalue weighted by atomic mass is 9.76. The van der Waals surface area contributed by atoms with E-state index in [4.69, 9.17) is 14.2 Å². The molecule has 3 heterocycles. The van der Waals surface area contributed by atoms with Crippen LogP contribution in [0.25, 0.3) is 0 Å². The lowest BCUT2D eigenvalue weighted by molar-refractivity contribution is -0.188. The highest BCUT2D eigenvalue weighted by Crippen LogP contribution is 2.47. The van der Waals surface area contributed by atoms with Gasteiger partial charge in [-0.25, -0.2) is 0 Å². The van der Waals surface area contributed by atoms with E-state index in [-0.39, 0.29) is 23.9 Å². The number of methoxy groups -OCH3 is 1. The van der Waals surface area contributed by atoms with Crippen LogP contribution in [0.15, 0.2) is 48.5 Å². The number of benzene rings is 2. The smallest absolute Gasteiger partial charge is 0.254 e. The van der Waals surface area contributed by atoms with Crippen LogP contribution >= 0.6 is 0 Å². The molecule has 6 rings (SSSR count). The summed E-state index contributed by atoms with van der Waals surface area (Å²) in [6.45, 7) is 2.40. The van der Waals surface area contributed by atoms with Crippen molar-refractivity contribution in [2.75, 3.05) is 33.4 Å². The Bertz CT molecular complexity index is 1130. The van der Waals surface area contributed by atoms with E-state index in [1.54, 1.807) is 7.11 Å². The van der Waals surface area contributed by atoms with Gasteiger partial charge < -0.3 is 24.0 Å². The summed E-state index contributed by atoms with van der Waals surface area (Å²) < 4.78 is 17.2. The summed E-state index contributed by atoms with van der Waals surface area (Å²) >= 11 is 0. The second kappa shape index (κ2) is 10.1. The standard InChI is InChI=1S/C30H36N2O5/c1-35-23-13-11-21(12-14-23)27-26(29(34)31-17-15-30(16-18-31)36-19-20-37-30)24-9-5-6-10-25(24)28(33)32(27)22-7-3-2-4-8-22/h5-6,9-14,22,26-27H,2-4,7-8,15-20H2,1H3/t26-,27+/m0/s1. The van der Waals surface area contributed by atoms with Crippen LogP contribution in [-0.4, -0.2) is 66.9 Å². The highest BCUT2D eigenvalue weighted by molar-refractivity contribution is 6.01. The summed E-state index contributed by atoms with van der Waals surface area (Å²) in [5.74, 6) is -0.132. The van der Waals surface area contributed by atoms with Crippen molar-refractivity contribution < 1.29 is 23.8 Å². The SMILES string of the molecule is COc1ccc([C@@H]2[C@@H](C(=O)N3CCC4(CC3)OCCO4)c3ccccc3C(=O)N2C2CCCCC2)cc1. The largest absolute Gasteiger partial charge is 0.497 e. The van der Waals surface area contributed by atoms with Crippen molar-refractivity contribution in [1.82, 2.24) is 9.80 Å². The number of fused-ring (bicyclic) bond motifs is 1. The molecular weight excluding hydrogens is 468 g/mol. The average molecular weight is 505 g/mol. The lowest BCUT2D eigenvalue weighted by Crippen LogP contribution is -2.54. The van der Waals surface area contributed by atoms with Crippen LogP contribution in [-0.2, 0) is 14.3 Å². The highest BCUT2D eigenvalue weighted by atomic mass is 16.7. The maximum atomic E-state index is 14.4. The molecule has 7 nitrogen and oxygen atoms in total. The molecule has 196 valence electrons. The predicted octanol–water partition coefficient (Wildman–Crippen LogP) is 4.67. The van der Waals surface area contributed by atoms with Gasteiger partial charge in [0.05, 0.1) is 32.3 Å². The summed E-state index contributed by atoms with van der Waals surface area (Å²) in [5.41, 5.74) is 2.47.